The Hall–Kier alpha value is -1.84. The van der Waals surface area contributed by atoms with Crippen molar-refractivity contribution < 1.29 is 4.39 Å². The zero-order valence-electron chi connectivity index (χ0n) is 10.3. The van der Waals surface area contributed by atoms with Crippen LogP contribution in [0.25, 0.3) is 5.69 Å². The largest absolute Gasteiger partial charge is 0.395 e. The highest BCUT2D eigenvalue weighted by Crippen LogP contribution is 2.24. The standard InChI is InChI=1S/C13H16FN3/c1-4-10-8(2)16-17(9(10)3)12-7-5-6-11(14)13(12)15/h5-7H,4,15H2,1-3H3. The third-order valence-corrected chi connectivity index (χ3v) is 3.05. The summed E-state index contributed by atoms with van der Waals surface area (Å²) in [6.45, 7) is 6.01. The molecular formula is C13H16FN3. The van der Waals surface area contributed by atoms with Crippen LogP contribution in [-0.4, -0.2) is 9.78 Å². The zero-order chi connectivity index (χ0) is 12.6. The van der Waals surface area contributed by atoms with Gasteiger partial charge in [-0.05, 0) is 38.0 Å². The summed E-state index contributed by atoms with van der Waals surface area (Å²) in [6, 6.07) is 4.77. The lowest BCUT2D eigenvalue weighted by Crippen LogP contribution is -2.05. The van der Waals surface area contributed by atoms with Gasteiger partial charge < -0.3 is 5.73 Å². The Balaban J connectivity index is 2.65. The zero-order valence-corrected chi connectivity index (χ0v) is 10.3. The van der Waals surface area contributed by atoms with E-state index in [0.717, 1.165) is 17.8 Å². The van der Waals surface area contributed by atoms with Gasteiger partial charge >= 0.3 is 0 Å². The fraction of sp³-hybridized carbons (Fsp3) is 0.308. The second-order valence-corrected chi connectivity index (χ2v) is 4.09. The molecule has 2 rings (SSSR count). The third-order valence-electron chi connectivity index (χ3n) is 3.05. The predicted molar refractivity (Wildman–Crippen MR) is 66.8 cm³/mol. The molecule has 0 aliphatic rings. The molecule has 0 fully saturated rings. The molecule has 3 nitrogen and oxygen atoms in total. The topological polar surface area (TPSA) is 43.8 Å². The molecule has 2 N–H and O–H groups in total. The van der Waals surface area contributed by atoms with Crippen LogP contribution in [0.5, 0.6) is 0 Å². The summed E-state index contributed by atoms with van der Waals surface area (Å²) >= 11 is 0. The number of halogens is 1. The highest BCUT2D eigenvalue weighted by atomic mass is 19.1. The molecule has 0 unspecified atom stereocenters. The molecule has 17 heavy (non-hydrogen) atoms. The van der Waals surface area contributed by atoms with E-state index in [1.807, 2.05) is 13.8 Å². The van der Waals surface area contributed by atoms with Crippen LogP contribution in [0.15, 0.2) is 18.2 Å². The van der Waals surface area contributed by atoms with Crippen LogP contribution in [0.4, 0.5) is 10.1 Å². The number of para-hydroxylation sites is 1. The van der Waals surface area contributed by atoms with Gasteiger partial charge in [0.1, 0.15) is 5.82 Å². The average molecular weight is 233 g/mol. The monoisotopic (exact) mass is 233 g/mol. The van der Waals surface area contributed by atoms with Crippen molar-refractivity contribution in [3.05, 3.63) is 41.0 Å². The van der Waals surface area contributed by atoms with Crippen LogP contribution in [0.1, 0.15) is 23.9 Å². The SMILES string of the molecule is CCc1c(C)nn(-c2cccc(F)c2N)c1C. The summed E-state index contributed by atoms with van der Waals surface area (Å²) in [5.41, 5.74) is 9.66. The maximum atomic E-state index is 13.4. The van der Waals surface area contributed by atoms with Crippen LogP contribution < -0.4 is 5.73 Å². The first-order valence-corrected chi connectivity index (χ1v) is 5.65. The van der Waals surface area contributed by atoms with E-state index >= 15 is 0 Å². The van der Waals surface area contributed by atoms with Gasteiger partial charge in [0.05, 0.1) is 17.1 Å². The normalized spacial score (nSPS) is 10.8. The predicted octanol–water partition coefficient (Wildman–Crippen LogP) is 2.77. The molecule has 0 atom stereocenters. The van der Waals surface area contributed by atoms with E-state index in [9.17, 15) is 4.39 Å². The molecule has 1 aromatic carbocycles. The maximum Gasteiger partial charge on any atom is 0.148 e. The number of nitrogens with two attached hydrogens (primary N) is 1. The Morgan fingerprint density at radius 2 is 2.06 bits per heavy atom. The van der Waals surface area contributed by atoms with Gasteiger partial charge in [-0.25, -0.2) is 9.07 Å². The number of rotatable bonds is 2. The average Bonchev–Trinajstić information content (AvgIpc) is 2.58. The number of nitrogens with zero attached hydrogens (tertiary/aromatic N) is 2. The molecule has 0 bridgehead atoms. The van der Waals surface area contributed by atoms with Crippen LogP contribution >= 0.6 is 0 Å². The van der Waals surface area contributed by atoms with Crippen molar-refractivity contribution >= 4 is 5.69 Å². The van der Waals surface area contributed by atoms with Crippen molar-refractivity contribution in [2.45, 2.75) is 27.2 Å². The second-order valence-electron chi connectivity index (χ2n) is 4.09. The summed E-state index contributed by atoms with van der Waals surface area (Å²) in [5, 5.41) is 4.42. The quantitative estimate of drug-likeness (QED) is 0.810. The Morgan fingerprint density at radius 3 is 2.65 bits per heavy atom. The molecule has 0 aliphatic heterocycles. The first-order valence-electron chi connectivity index (χ1n) is 5.65. The fourth-order valence-corrected chi connectivity index (χ4v) is 2.13. The molecule has 2 aromatic rings. The summed E-state index contributed by atoms with van der Waals surface area (Å²) in [6.07, 6.45) is 0.910. The van der Waals surface area contributed by atoms with Crippen LogP contribution in [0, 0.1) is 19.7 Å². The summed E-state index contributed by atoms with van der Waals surface area (Å²) in [5.74, 6) is -0.409. The summed E-state index contributed by atoms with van der Waals surface area (Å²) in [4.78, 5) is 0. The van der Waals surface area contributed by atoms with Crippen molar-refractivity contribution in [2.75, 3.05) is 5.73 Å². The minimum Gasteiger partial charge on any atom is -0.395 e. The van der Waals surface area contributed by atoms with Gasteiger partial charge in [0, 0.05) is 5.69 Å². The van der Waals surface area contributed by atoms with E-state index in [4.69, 9.17) is 5.73 Å². The molecule has 0 radical (unpaired) electrons. The highest BCUT2D eigenvalue weighted by molar-refractivity contribution is 5.59. The lowest BCUT2D eigenvalue weighted by molar-refractivity contribution is 0.630. The van der Waals surface area contributed by atoms with Gasteiger partial charge in [-0.15, -0.1) is 0 Å². The Labute approximate surface area is 100 Å². The second kappa shape index (κ2) is 4.20. The molecule has 0 saturated carbocycles. The molecular weight excluding hydrogens is 217 g/mol. The number of hydrogen-bond donors (Lipinski definition) is 1. The molecule has 1 heterocycles. The summed E-state index contributed by atoms with van der Waals surface area (Å²) in [7, 11) is 0. The lowest BCUT2D eigenvalue weighted by Gasteiger charge is -2.08. The van der Waals surface area contributed by atoms with Gasteiger partial charge in [-0.1, -0.05) is 13.0 Å². The molecule has 0 amide bonds. The van der Waals surface area contributed by atoms with Crippen LogP contribution in [-0.2, 0) is 6.42 Å². The maximum absolute atomic E-state index is 13.4. The number of aryl methyl sites for hydroxylation is 1. The van der Waals surface area contributed by atoms with Crippen molar-refractivity contribution in [1.82, 2.24) is 9.78 Å². The Kier molecular flexibility index (Phi) is 2.88. The third kappa shape index (κ3) is 1.79. The number of benzene rings is 1. The smallest absolute Gasteiger partial charge is 0.148 e. The van der Waals surface area contributed by atoms with E-state index < -0.39 is 5.82 Å². The van der Waals surface area contributed by atoms with Gasteiger partial charge in [0.2, 0.25) is 0 Å². The number of aromatic nitrogens is 2. The van der Waals surface area contributed by atoms with Crippen molar-refractivity contribution in [2.24, 2.45) is 0 Å². The molecule has 0 saturated heterocycles. The van der Waals surface area contributed by atoms with E-state index in [1.54, 1.807) is 16.8 Å². The first kappa shape index (κ1) is 11.6. The Bertz CT molecular complexity index is 558. The van der Waals surface area contributed by atoms with Gasteiger partial charge in [0.25, 0.3) is 0 Å². The number of anilines is 1. The van der Waals surface area contributed by atoms with Crippen molar-refractivity contribution in [1.29, 1.82) is 0 Å². The number of nitrogen functional groups attached to an aromatic ring is 1. The lowest BCUT2D eigenvalue weighted by atomic mass is 10.1. The fourth-order valence-electron chi connectivity index (χ4n) is 2.13. The van der Waals surface area contributed by atoms with E-state index in [0.29, 0.717) is 5.69 Å². The van der Waals surface area contributed by atoms with E-state index in [-0.39, 0.29) is 5.69 Å². The van der Waals surface area contributed by atoms with Gasteiger partial charge in [-0.2, -0.15) is 5.10 Å². The summed E-state index contributed by atoms with van der Waals surface area (Å²) < 4.78 is 15.1. The molecule has 90 valence electrons. The minimum absolute atomic E-state index is 0.140. The van der Waals surface area contributed by atoms with Crippen molar-refractivity contribution in [3.63, 3.8) is 0 Å². The molecule has 1 aromatic heterocycles. The van der Waals surface area contributed by atoms with E-state index in [1.165, 1.54) is 11.6 Å². The van der Waals surface area contributed by atoms with Crippen LogP contribution in [0.3, 0.4) is 0 Å². The van der Waals surface area contributed by atoms with Crippen molar-refractivity contribution in [3.8, 4) is 5.69 Å². The Morgan fingerprint density at radius 1 is 1.35 bits per heavy atom. The van der Waals surface area contributed by atoms with Gasteiger partial charge in [0.15, 0.2) is 0 Å². The first-order chi connectivity index (χ1) is 8.06. The number of hydrogen-bond acceptors (Lipinski definition) is 2. The molecule has 0 spiro atoms. The molecule has 0 aliphatic carbocycles. The van der Waals surface area contributed by atoms with Crippen LogP contribution in [0.2, 0.25) is 0 Å². The van der Waals surface area contributed by atoms with Gasteiger partial charge in [-0.3, -0.25) is 0 Å². The highest BCUT2D eigenvalue weighted by Gasteiger charge is 2.14. The van der Waals surface area contributed by atoms with E-state index in [2.05, 4.69) is 12.0 Å². The minimum atomic E-state index is -0.409. The molecule has 4 heteroatoms.